The Labute approximate surface area is 214 Å². The number of hydrogen-bond donors (Lipinski definition) is 3. The molecule has 1 unspecified atom stereocenters. The molecular weight excluding hydrogens is 498 g/mol. The zero-order valence-electron chi connectivity index (χ0n) is 19.6. The van der Waals surface area contributed by atoms with Crippen molar-refractivity contribution in [2.45, 2.75) is 37.3 Å². The lowest BCUT2D eigenvalue weighted by Crippen LogP contribution is -2.54. The van der Waals surface area contributed by atoms with E-state index in [9.17, 15) is 24.0 Å². The summed E-state index contributed by atoms with van der Waals surface area (Å²) in [5, 5.41) is 8.71. The van der Waals surface area contributed by atoms with Gasteiger partial charge in [0.05, 0.1) is 34.0 Å². The first kappa shape index (κ1) is 23.1. The van der Waals surface area contributed by atoms with Gasteiger partial charge in [0.2, 0.25) is 11.8 Å². The third-order valence-corrected chi connectivity index (χ3v) is 8.03. The summed E-state index contributed by atoms with van der Waals surface area (Å²) in [6.45, 7) is 0. The molecule has 12 heteroatoms. The molecule has 1 aromatic heterocycles. The molecule has 0 radical (unpaired) electrons. The highest BCUT2D eigenvalue weighted by atomic mass is 32.1. The largest absolute Gasteiger partial charge is 0.497 e. The highest BCUT2D eigenvalue weighted by Gasteiger charge is 2.49. The number of anilines is 1. The second kappa shape index (κ2) is 8.37. The normalized spacial score (nSPS) is 20.0. The van der Waals surface area contributed by atoms with Crippen LogP contribution in [0.1, 0.15) is 51.4 Å². The maximum Gasteiger partial charge on any atom is 0.320 e. The Morgan fingerprint density at radius 1 is 1.11 bits per heavy atom. The molecule has 1 saturated carbocycles. The SMILES string of the molecule is COc1ccc2nc(C3(NC(=O)Nc4ccc5c(c4)C(=O)N(C4CCC(=O)NC4=O)C5=O)CC3)sc2c1. The second-order valence-electron chi connectivity index (χ2n) is 9.22. The van der Waals surface area contributed by atoms with Gasteiger partial charge in [-0.2, -0.15) is 0 Å². The number of amides is 6. The van der Waals surface area contributed by atoms with E-state index < -0.39 is 41.2 Å². The van der Waals surface area contributed by atoms with Crippen LogP contribution in [0.15, 0.2) is 36.4 Å². The van der Waals surface area contributed by atoms with Gasteiger partial charge in [-0.1, -0.05) is 0 Å². The van der Waals surface area contributed by atoms with Crippen LogP contribution in [0.25, 0.3) is 10.2 Å². The fraction of sp³-hybridized carbons (Fsp3) is 0.280. The van der Waals surface area contributed by atoms with Gasteiger partial charge >= 0.3 is 6.03 Å². The van der Waals surface area contributed by atoms with Crippen molar-refractivity contribution in [3.8, 4) is 5.75 Å². The summed E-state index contributed by atoms with van der Waals surface area (Å²) in [5.41, 5.74) is 0.827. The van der Waals surface area contributed by atoms with E-state index in [0.29, 0.717) is 5.69 Å². The number of imide groups is 2. The Balaban J connectivity index is 1.17. The molecule has 3 aromatic rings. The van der Waals surface area contributed by atoms with Crippen molar-refractivity contribution >= 4 is 56.9 Å². The molecule has 6 amide bonds. The molecule has 188 valence electrons. The molecule has 1 saturated heterocycles. The first-order chi connectivity index (χ1) is 17.8. The summed E-state index contributed by atoms with van der Waals surface area (Å²) in [6.07, 6.45) is 1.61. The number of carbonyl (C=O) groups is 5. The van der Waals surface area contributed by atoms with Gasteiger partial charge in [-0.05, 0) is 55.7 Å². The summed E-state index contributed by atoms with van der Waals surface area (Å²) in [4.78, 5) is 68.0. The number of methoxy groups -OCH3 is 1. The fourth-order valence-electron chi connectivity index (χ4n) is 4.68. The number of rotatable bonds is 5. The molecule has 0 spiro atoms. The molecule has 3 heterocycles. The molecule has 1 aliphatic carbocycles. The Morgan fingerprint density at radius 2 is 1.89 bits per heavy atom. The smallest absolute Gasteiger partial charge is 0.320 e. The van der Waals surface area contributed by atoms with E-state index in [4.69, 9.17) is 9.72 Å². The number of carbonyl (C=O) groups excluding carboxylic acids is 5. The number of piperidine rings is 1. The maximum atomic E-state index is 13.0. The van der Waals surface area contributed by atoms with E-state index in [1.165, 1.54) is 29.5 Å². The maximum absolute atomic E-state index is 13.0. The van der Waals surface area contributed by atoms with Gasteiger partial charge in [0, 0.05) is 12.1 Å². The molecule has 3 aliphatic rings. The van der Waals surface area contributed by atoms with Crippen LogP contribution in [0.2, 0.25) is 0 Å². The number of urea groups is 1. The minimum atomic E-state index is -1.05. The molecule has 37 heavy (non-hydrogen) atoms. The molecule has 11 nitrogen and oxygen atoms in total. The van der Waals surface area contributed by atoms with Gasteiger partial charge in [-0.25, -0.2) is 9.78 Å². The molecule has 2 fully saturated rings. The average molecular weight is 520 g/mol. The zero-order chi connectivity index (χ0) is 25.9. The van der Waals surface area contributed by atoms with Crippen molar-refractivity contribution in [3.05, 3.63) is 52.5 Å². The number of fused-ring (bicyclic) bond motifs is 2. The highest BCUT2D eigenvalue weighted by Crippen LogP contribution is 2.48. The topological polar surface area (TPSA) is 147 Å². The summed E-state index contributed by atoms with van der Waals surface area (Å²) < 4.78 is 6.24. The third-order valence-electron chi connectivity index (χ3n) is 6.81. The third kappa shape index (κ3) is 3.89. The first-order valence-electron chi connectivity index (χ1n) is 11.7. The standard InChI is InChI=1S/C25H21N5O6S/c1-36-13-3-5-16-18(11-13)37-23(27-16)25(8-9-25)29-24(35)26-12-2-4-14-15(10-12)22(34)30(21(14)33)17-6-7-19(31)28-20(17)32/h2-5,10-11,17H,6-9H2,1H3,(H2,26,29,35)(H,28,31,32). The Hall–Kier alpha value is -4.32. The molecular formula is C25H21N5O6S. The molecule has 6 rings (SSSR count). The van der Waals surface area contributed by atoms with E-state index in [2.05, 4.69) is 16.0 Å². The number of ether oxygens (including phenoxy) is 1. The number of hydrogen-bond acceptors (Lipinski definition) is 8. The predicted octanol–water partition coefficient (Wildman–Crippen LogP) is 2.52. The predicted molar refractivity (Wildman–Crippen MR) is 132 cm³/mol. The Morgan fingerprint density at radius 3 is 2.62 bits per heavy atom. The minimum Gasteiger partial charge on any atom is -0.497 e. The molecule has 0 bridgehead atoms. The van der Waals surface area contributed by atoms with Crippen LogP contribution in [-0.4, -0.2) is 52.7 Å². The van der Waals surface area contributed by atoms with E-state index in [-0.39, 0.29) is 24.0 Å². The van der Waals surface area contributed by atoms with E-state index in [1.54, 1.807) is 7.11 Å². The summed E-state index contributed by atoms with van der Waals surface area (Å²) >= 11 is 1.50. The Bertz CT molecular complexity index is 1530. The number of aromatic nitrogens is 1. The van der Waals surface area contributed by atoms with Crippen LogP contribution in [0, 0.1) is 0 Å². The van der Waals surface area contributed by atoms with E-state index in [0.717, 1.165) is 38.7 Å². The lowest BCUT2D eigenvalue weighted by molar-refractivity contribution is -0.136. The van der Waals surface area contributed by atoms with Gasteiger partial charge in [0.15, 0.2) is 0 Å². The van der Waals surface area contributed by atoms with Crippen molar-refractivity contribution in [1.82, 2.24) is 20.5 Å². The average Bonchev–Trinajstić information content (AvgIpc) is 3.44. The Kier molecular flexibility index (Phi) is 5.23. The fourth-order valence-corrected chi connectivity index (χ4v) is 5.88. The van der Waals surface area contributed by atoms with Gasteiger partial charge in [-0.3, -0.25) is 29.4 Å². The molecule has 3 N–H and O–H groups in total. The van der Waals surface area contributed by atoms with E-state index in [1.807, 2.05) is 18.2 Å². The highest BCUT2D eigenvalue weighted by molar-refractivity contribution is 7.18. The van der Waals surface area contributed by atoms with Crippen molar-refractivity contribution in [1.29, 1.82) is 0 Å². The first-order valence-corrected chi connectivity index (χ1v) is 12.5. The lowest BCUT2D eigenvalue weighted by Gasteiger charge is -2.27. The van der Waals surface area contributed by atoms with Crippen LogP contribution in [0.3, 0.4) is 0 Å². The van der Waals surface area contributed by atoms with Crippen molar-refractivity contribution in [3.63, 3.8) is 0 Å². The van der Waals surface area contributed by atoms with Crippen LogP contribution in [-0.2, 0) is 15.1 Å². The summed E-state index contributed by atoms with van der Waals surface area (Å²) in [5.74, 6) is -1.61. The lowest BCUT2D eigenvalue weighted by atomic mass is 10.0. The zero-order valence-corrected chi connectivity index (χ0v) is 20.4. The van der Waals surface area contributed by atoms with Crippen LogP contribution >= 0.6 is 11.3 Å². The van der Waals surface area contributed by atoms with Crippen LogP contribution in [0.5, 0.6) is 5.75 Å². The van der Waals surface area contributed by atoms with Gasteiger partial charge in [0.1, 0.15) is 16.8 Å². The second-order valence-corrected chi connectivity index (χ2v) is 10.3. The van der Waals surface area contributed by atoms with Crippen molar-refractivity contribution in [2.75, 3.05) is 12.4 Å². The summed E-state index contributed by atoms with van der Waals surface area (Å²) in [6, 6.07) is 8.52. The number of benzene rings is 2. The minimum absolute atomic E-state index is 0.0424. The van der Waals surface area contributed by atoms with Gasteiger partial charge < -0.3 is 15.4 Å². The van der Waals surface area contributed by atoms with Gasteiger partial charge in [0.25, 0.3) is 11.8 Å². The van der Waals surface area contributed by atoms with Crippen molar-refractivity contribution in [2.24, 2.45) is 0 Å². The molecule has 1 atom stereocenters. The van der Waals surface area contributed by atoms with Crippen LogP contribution < -0.4 is 20.7 Å². The van der Waals surface area contributed by atoms with E-state index >= 15 is 0 Å². The quantitative estimate of drug-likeness (QED) is 0.439. The monoisotopic (exact) mass is 519 g/mol. The molecule has 2 aromatic carbocycles. The molecule has 2 aliphatic heterocycles. The number of nitrogens with zero attached hydrogens (tertiary/aromatic N) is 2. The number of nitrogens with one attached hydrogen (secondary N) is 3. The van der Waals surface area contributed by atoms with Crippen molar-refractivity contribution < 1.29 is 28.7 Å². The summed E-state index contributed by atoms with van der Waals surface area (Å²) in [7, 11) is 1.60. The number of thiazole rings is 1. The van der Waals surface area contributed by atoms with Crippen LogP contribution in [0.4, 0.5) is 10.5 Å². The van der Waals surface area contributed by atoms with Gasteiger partial charge in [-0.15, -0.1) is 11.3 Å².